The number of carbonyl (C=O) groups excluding carboxylic acids is 3. The molecule has 0 radical (unpaired) electrons. The SMILES string of the molecule is O=Cc1cc(C(=O)N2CCOCC2)cc(O)c1C(=O)c1c(O)cccc1O. The Hall–Kier alpha value is -3.39. The zero-order valence-corrected chi connectivity index (χ0v) is 14.2. The van der Waals surface area contributed by atoms with Gasteiger partial charge >= 0.3 is 0 Å². The summed E-state index contributed by atoms with van der Waals surface area (Å²) in [5.74, 6) is -2.92. The van der Waals surface area contributed by atoms with Crippen molar-refractivity contribution in [1.29, 1.82) is 0 Å². The van der Waals surface area contributed by atoms with E-state index in [-0.39, 0.29) is 11.1 Å². The highest BCUT2D eigenvalue weighted by Gasteiger charge is 2.27. The second kappa shape index (κ2) is 7.46. The zero-order valence-electron chi connectivity index (χ0n) is 14.2. The normalized spacial score (nSPS) is 14.0. The average molecular weight is 371 g/mol. The van der Waals surface area contributed by atoms with E-state index in [2.05, 4.69) is 0 Å². The van der Waals surface area contributed by atoms with Gasteiger partial charge in [0.1, 0.15) is 22.8 Å². The van der Waals surface area contributed by atoms with Crippen LogP contribution in [0.1, 0.15) is 36.6 Å². The molecule has 140 valence electrons. The van der Waals surface area contributed by atoms with Crippen molar-refractivity contribution in [3.05, 3.63) is 52.6 Å². The first-order valence-electron chi connectivity index (χ1n) is 8.19. The van der Waals surface area contributed by atoms with Crippen molar-refractivity contribution < 1.29 is 34.4 Å². The van der Waals surface area contributed by atoms with Crippen LogP contribution < -0.4 is 0 Å². The molecule has 0 aliphatic carbocycles. The van der Waals surface area contributed by atoms with E-state index in [4.69, 9.17) is 4.74 Å². The summed E-state index contributed by atoms with van der Waals surface area (Å²) in [5.41, 5.74) is -1.02. The van der Waals surface area contributed by atoms with Gasteiger partial charge in [-0.2, -0.15) is 0 Å². The number of amides is 1. The quantitative estimate of drug-likeness (QED) is 0.547. The van der Waals surface area contributed by atoms with Gasteiger partial charge in [-0.05, 0) is 24.3 Å². The predicted molar refractivity (Wildman–Crippen MR) is 93.4 cm³/mol. The van der Waals surface area contributed by atoms with Gasteiger partial charge in [0.25, 0.3) is 5.91 Å². The molecule has 0 unspecified atom stereocenters. The number of phenols is 3. The van der Waals surface area contributed by atoms with E-state index < -0.39 is 40.1 Å². The van der Waals surface area contributed by atoms with Gasteiger partial charge in [0.05, 0.1) is 18.8 Å². The van der Waals surface area contributed by atoms with Crippen LogP contribution in [0.4, 0.5) is 0 Å². The van der Waals surface area contributed by atoms with Crippen LogP contribution in [-0.4, -0.2) is 64.5 Å². The molecule has 1 amide bonds. The van der Waals surface area contributed by atoms with Crippen molar-refractivity contribution in [2.45, 2.75) is 0 Å². The first-order chi connectivity index (χ1) is 12.9. The first-order valence-corrected chi connectivity index (χ1v) is 8.19. The number of nitrogens with zero attached hydrogens (tertiary/aromatic N) is 1. The molecule has 0 atom stereocenters. The van der Waals surface area contributed by atoms with Crippen LogP contribution in [0, 0.1) is 0 Å². The molecule has 2 aromatic carbocycles. The van der Waals surface area contributed by atoms with Crippen molar-refractivity contribution in [2.75, 3.05) is 26.3 Å². The van der Waals surface area contributed by atoms with Crippen LogP contribution in [-0.2, 0) is 4.74 Å². The smallest absolute Gasteiger partial charge is 0.254 e. The van der Waals surface area contributed by atoms with Crippen LogP contribution in [0.15, 0.2) is 30.3 Å². The van der Waals surface area contributed by atoms with Gasteiger partial charge in [0.15, 0.2) is 6.29 Å². The third-order valence-corrected chi connectivity index (χ3v) is 4.29. The summed E-state index contributed by atoms with van der Waals surface area (Å²) >= 11 is 0. The Bertz CT molecular complexity index is 896. The molecule has 1 fully saturated rings. The lowest BCUT2D eigenvalue weighted by Crippen LogP contribution is -2.40. The van der Waals surface area contributed by atoms with Crippen LogP contribution in [0.25, 0.3) is 0 Å². The number of aromatic hydroxyl groups is 3. The van der Waals surface area contributed by atoms with Gasteiger partial charge in [0.2, 0.25) is 5.78 Å². The highest BCUT2D eigenvalue weighted by molar-refractivity contribution is 6.17. The van der Waals surface area contributed by atoms with Gasteiger partial charge in [-0.15, -0.1) is 0 Å². The van der Waals surface area contributed by atoms with Crippen molar-refractivity contribution in [2.24, 2.45) is 0 Å². The van der Waals surface area contributed by atoms with Crippen LogP contribution in [0.3, 0.4) is 0 Å². The Kier molecular flexibility index (Phi) is 5.09. The van der Waals surface area contributed by atoms with Gasteiger partial charge in [-0.1, -0.05) is 6.07 Å². The molecule has 8 nitrogen and oxygen atoms in total. The Labute approximate surface area is 154 Å². The molecular formula is C19H17NO7. The second-order valence-electron chi connectivity index (χ2n) is 5.98. The number of carbonyl (C=O) groups is 3. The summed E-state index contributed by atoms with van der Waals surface area (Å²) in [6.45, 7) is 1.54. The molecule has 1 aliphatic rings. The Morgan fingerprint density at radius 1 is 0.963 bits per heavy atom. The Morgan fingerprint density at radius 3 is 2.19 bits per heavy atom. The highest BCUT2D eigenvalue weighted by atomic mass is 16.5. The summed E-state index contributed by atoms with van der Waals surface area (Å²) in [6.07, 6.45) is 0.333. The monoisotopic (exact) mass is 371 g/mol. The Balaban J connectivity index is 2.03. The molecule has 8 heteroatoms. The molecule has 27 heavy (non-hydrogen) atoms. The molecule has 0 saturated carbocycles. The number of morpholine rings is 1. The standard InChI is InChI=1S/C19H17NO7/c21-10-12-8-11(19(26)20-4-6-27-7-5-20)9-15(24)16(12)18(25)17-13(22)2-1-3-14(17)23/h1-3,8-10,22-24H,4-7H2. The van der Waals surface area contributed by atoms with E-state index in [1.807, 2.05) is 0 Å². The third-order valence-electron chi connectivity index (χ3n) is 4.29. The van der Waals surface area contributed by atoms with Gasteiger partial charge < -0.3 is 25.0 Å². The molecule has 1 aliphatic heterocycles. The highest BCUT2D eigenvalue weighted by Crippen LogP contribution is 2.33. The minimum atomic E-state index is -0.935. The average Bonchev–Trinajstić information content (AvgIpc) is 2.67. The lowest BCUT2D eigenvalue weighted by Gasteiger charge is -2.27. The topological polar surface area (TPSA) is 124 Å². The lowest BCUT2D eigenvalue weighted by atomic mass is 9.94. The first kappa shape index (κ1) is 18.4. The fraction of sp³-hybridized carbons (Fsp3) is 0.211. The number of ketones is 1. The fourth-order valence-corrected chi connectivity index (χ4v) is 2.95. The van der Waals surface area contributed by atoms with Crippen molar-refractivity contribution in [1.82, 2.24) is 4.90 Å². The van der Waals surface area contributed by atoms with Crippen LogP contribution in [0.2, 0.25) is 0 Å². The maximum atomic E-state index is 12.7. The van der Waals surface area contributed by atoms with Gasteiger partial charge in [-0.3, -0.25) is 14.4 Å². The summed E-state index contributed by atoms with van der Waals surface area (Å²) in [6, 6.07) is 6.03. The summed E-state index contributed by atoms with van der Waals surface area (Å²) in [7, 11) is 0. The van der Waals surface area contributed by atoms with E-state index in [0.717, 1.165) is 6.07 Å². The molecule has 1 saturated heterocycles. The molecule has 2 aromatic rings. The predicted octanol–water partition coefficient (Wildman–Crippen LogP) is 1.32. The molecule has 3 N–H and O–H groups in total. The summed E-state index contributed by atoms with van der Waals surface area (Å²) in [5, 5.41) is 30.1. The summed E-state index contributed by atoms with van der Waals surface area (Å²) in [4.78, 5) is 38.3. The number of hydrogen-bond acceptors (Lipinski definition) is 7. The maximum Gasteiger partial charge on any atom is 0.254 e. The molecular weight excluding hydrogens is 354 g/mol. The van der Waals surface area contributed by atoms with Crippen molar-refractivity contribution >= 4 is 18.0 Å². The van der Waals surface area contributed by atoms with Gasteiger partial charge in [0, 0.05) is 24.2 Å². The number of hydrogen-bond donors (Lipinski definition) is 3. The van der Waals surface area contributed by atoms with Crippen molar-refractivity contribution in [3.8, 4) is 17.2 Å². The molecule has 0 aromatic heterocycles. The van der Waals surface area contributed by atoms with E-state index >= 15 is 0 Å². The maximum absolute atomic E-state index is 12.7. The fourth-order valence-electron chi connectivity index (χ4n) is 2.95. The van der Waals surface area contributed by atoms with E-state index in [9.17, 15) is 29.7 Å². The molecule has 0 bridgehead atoms. The molecule has 0 spiro atoms. The lowest BCUT2D eigenvalue weighted by molar-refractivity contribution is 0.0302. The van der Waals surface area contributed by atoms with Crippen LogP contribution >= 0.6 is 0 Å². The van der Waals surface area contributed by atoms with Gasteiger partial charge in [-0.25, -0.2) is 0 Å². The second-order valence-corrected chi connectivity index (χ2v) is 5.98. The summed E-state index contributed by atoms with van der Waals surface area (Å²) < 4.78 is 5.18. The number of aldehydes is 1. The van der Waals surface area contributed by atoms with Crippen molar-refractivity contribution in [3.63, 3.8) is 0 Å². The minimum Gasteiger partial charge on any atom is -0.507 e. The molecule has 3 rings (SSSR count). The Morgan fingerprint density at radius 2 is 1.59 bits per heavy atom. The van der Waals surface area contributed by atoms with Crippen LogP contribution in [0.5, 0.6) is 17.2 Å². The zero-order chi connectivity index (χ0) is 19.6. The van der Waals surface area contributed by atoms with E-state index in [1.54, 1.807) is 0 Å². The van der Waals surface area contributed by atoms with E-state index in [1.165, 1.54) is 29.2 Å². The number of benzene rings is 2. The largest absolute Gasteiger partial charge is 0.507 e. The van der Waals surface area contributed by atoms with E-state index in [0.29, 0.717) is 32.6 Å². The third kappa shape index (κ3) is 3.47. The minimum absolute atomic E-state index is 0.0505. The molecule has 1 heterocycles. The number of rotatable bonds is 4. The number of phenolic OH excluding ortho intramolecular Hbond substituents is 3. The number of ether oxygens (including phenoxy) is 1.